The number of carbonyl (C=O) groups excluding carboxylic acids is 2. The smallest absolute Gasteiger partial charge is 0.261 e. The molecule has 0 fully saturated rings. The van der Waals surface area contributed by atoms with Crippen LogP contribution in [-0.2, 0) is 22.6 Å². The Labute approximate surface area is 200 Å². The molecule has 6 heteroatoms. The molecule has 0 unspecified atom stereocenters. The maximum atomic E-state index is 13.4. The molecule has 0 aliphatic rings. The van der Waals surface area contributed by atoms with Crippen molar-refractivity contribution in [2.75, 3.05) is 13.2 Å². The fourth-order valence-corrected chi connectivity index (χ4v) is 3.62. The van der Waals surface area contributed by atoms with Gasteiger partial charge in [0.2, 0.25) is 5.91 Å². The highest BCUT2D eigenvalue weighted by Crippen LogP contribution is 2.18. The Kier molecular flexibility index (Phi) is 8.90. The van der Waals surface area contributed by atoms with Crippen LogP contribution in [0.2, 0.25) is 5.02 Å². The van der Waals surface area contributed by atoms with Crippen LogP contribution in [-0.4, -0.2) is 35.9 Å². The number of halogens is 1. The molecule has 1 N–H and O–H groups in total. The summed E-state index contributed by atoms with van der Waals surface area (Å²) in [5, 5.41) is 3.48. The number of carbonyl (C=O) groups is 2. The zero-order chi connectivity index (χ0) is 23.6. The fourth-order valence-electron chi connectivity index (χ4n) is 3.49. The number of rotatable bonds is 10. The van der Waals surface area contributed by atoms with Crippen LogP contribution in [0.15, 0.2) is 78.9 Å². The van der Waals surface area contributed by atoms with Gasteiger partial charge in [-0.3, -0.25) is 9.59 Å². The molecular weight excluding hydrogens is 436 g/mol. The summed E-state index contributed by atoms with van der Waals surface area (Å²) >= 11 is 5.93. The average molecular weight is 465 g/mol. The number of nitrogens with one attached hydrogen (secondary N) is 1. The number of ether oxygens (including phenoxy) is 1. The molecule has 2 amide bonds. The van der Waals surface area contributed by atoms with Crippen molar-refractivity contribution in [3.8, 4) is 5.75 Å². The Balaban J connectivity index is 1.87. The second-order valence-corrected chi connectivity index (χ2v) is 8.29. The number of benzene rings is 3. The SMILES string of the molecule is CCNC(=O)[C@H](Cc1ccccc1)N(Cc1ccc(C)cc1)C(=O)COc1ccc(Cl)cc1. The van der Waals surface area contributed by atoms with Crippen molar-refractivity contribution in [3.63, 3.8) is 0 Å². The Morgan fingerprint density at radius 2 is 1.61 bits per heavy atom. The first kappa shape index (κ1) is 24.3. The third-order valence-electron chi connectivity index (χ3n) is 5.27. The molecular formula is C27H29ClN2O3. The maximum absolute atomic E-state index is 13.4. The van der Waals surface area contributed by atoms with E-state index in [0.717, 1.165) is 16.7 Å². The van der Waals surface area contributed by atoms with Gasteiger partial charge in [0.1, 0.15) is 11.8 Å². The van der Waals surface area contributed by atoms with Crippen LogP contribution in [0.5, 0.6) is 5.75 Å². The van der Waals surface area contributed by atoms with Crippen molar-refractivity contribution < 1.29 is 14.3 Å². The third kappa shape index (κ3) is 7.36. The first-order chi connectivity index (χ1) is 16.0. The molecule has 0 radical (unpaired) electrons. The van der Waals surface area contributed by atoms with Gasteiger partial charge in [0.15, 0.2) is 6.61 Å². The highest BCUT2D eigenvalue weighted by Gasteiger charge is 2.30. The summed E-state index contributed by atoms with van der Waals surface area (Å²) < 4.78 is 5.72. The zero-order valence-electron chi connectivity index (χ0n) is 19.0. The molecule has 0 saturated carbocycles. The second kappa shape index (κ2) is 12.1. The van der Waals surface area contributed by atoms with Gasteiger partial charge in [-0.1, -0.05) is 71.8 Å². The van der Waals surface area contributed by atoms with Gasteiger partial charge in [-0.15, -0.1) is 0 Å². The predicted molar refractivity (Wildman–Crippen MR) is 131 cm³/mol. The number of hydrogen-bond donors (Lipinski definition) is 1. The summed E-state index contributed by atoms with van der Waals surface area (Å²) in [4.78, 5) is 28.1. The Morgan fingerprint density at radius 1 is 0.939 bits per heavy atom. The second-order valence-electron chi connectivity index (χ2n) is 7.85. The molecule has 0 aliphatic heterocycles. The average Bonchev–Trinajstić information content (AvgIpc) is 2.82. The summed E-state index contributed by atoms with van der Waals surface area (Å²) in [5.41, 5.74) is 3.06. The maximum Gasteiger partial charge on any atom is 0.261 e. The lowest BCUT2D eigenvalue weighted by molar-refractivity contribution is -0.142. The zero-order valence-corrected chi connectivity index (χ0v) is 19.7. The summed E-state index contributed by atoms with van der Waals surface area (Å²) in [5.74, 6) is 0.0895. The summed E-state index contributed by atoms with van der Waals surface area (Å²) in [6.45, 7) is 4.49. The van der Waals surface area contributed by atoms with Crippen LogP contribution < -0.4 is 10.1 Å². The highest BCUT2D eigenvalue weighted by molar-refractivity contribution is 6.30. The van der Waals surface area contributed by atoms with Gasteiger partial charge < -0.3 is 15.0 Å². The first-order valence-corrected chi connectivity index (χ1v) is 11.4. The molecule has 0 spiro atoms. The monoisotopic (exact) mass is 464 g/mol. The number of aryl methyl sites for hydroxylation is 1. The van der Waals surface area contributed by atoms with E-state index in [2.05, 4.69) is 5.32 Å². The first-order valence-electron chi connectivity index (χ1n) is 11.0. The van der Waals surface area contributed by atoms with Crippen molar-refractivity contribution in [3.05, 3.63) is 101 Å². The van der Waals surface area contributed by atoms with Gasteiger partial charge in [0.25, 0.3) is 5.91 Å². The van der Waals surface area contributed by atoms with Gasteiger partial charge in [0, 0.05) is 24.5 Å². The van der Waals surface area contributed by atoms with Gasteiger partial charge >= 0.3 is 0 Å². The molecule has 0 aliphatic carbocycles. The molecule has 0 heterocycles. The van der Waals surface area contributed by atoms with Crippen molar-refractivity contribution in [2.45, 2.75) is 32.9 Å². The van der Waals surface area contributed by atoms with Gasteiger partial charge in [0.05, 0.1) is 0 Å². The van der Waals surface area contributed by atoms with E-state index in [1.807, 2.05) is 68.4 Å². The van der Waals surface area contributed by atoms with Crippen LogP contribution in [0, 0.1) is 6.92 Å². The molecule has 3 aromatic rings. The topological polar surface area (TPSA) is 58.6 Å². The number of likely N-dealkylation sites (N-methyl/N-ethyl adjacent to an activating group) is 1. The van der Waals surface area contributed by atoms with Gasteiger partial charge in [-0.05, 0) is 49.2 Å². The standard InChI is InChI=1S/C27H29ClN2O3/c1-3-29-27(32)25(17-21-7-5-4-6-8-21)30(18-22-11-9-20(2)10-12-22)26(31)19-33-24-15-13-23(28)14-16-24/h4-16,25H,3,17-19H2,1-2H3,(H,29,32)/t25-/m0/s1. The molecule has 0 bridgehead atoms. The van der Waals surface area contributed by atoms with E-state index in [0.29, 0.717) is 30.3 Å². The summed E-state index contributed by atoms with van der Waals surface area (Å²) in [6, 6.07) is 23.8. The molecule has 5 nitrogen and oxygen atoms in total. The normalized spacial score (nSPS) is 11.5. The Morgan fingerprint density at radius 3 is 2.24 bits per heavy atom. The number of nitrogens with zero attached hydrogens (tertiary/aromatic N) is 1. The van der Waals surface area contributed by atoms with E-state index >= 15 is 0 Å². The predicted octanol–water partition coefficient (Wildman–Crippen LogP) is 4.80. The van der Waals surface area contributed by atoms with E-state index in [1.165, 1.54) is 0 Å². The molecule has 0 aromatic heterocycles. The molecule has 33 heavy (non-hydrogen) atoms. The van der Waals surface area contributed by atoms with Crippen molar-refractivity contribution >= 4 is 23.4 Å². The summed E-state index contributed by atoms with van der Waals surface area (Å²) in [7, 11) is 0. The minimum absolute atomic E-state index is 0.182. The molecule has 3 aromatic carbocycles. The van der Waals surface area contributed by atoms with Crippen molar-refractivity contribution in [2.24, 2.45) is 0 Å². The summed E-state index contributed by atoms with van der Waals surface area (Å²) in [6.07, 6.45) is 0.408. The van der Waals surface area contributed by atoms with E-state index in [9.17, 15) is 9.59 Å². The minimum atomic E-state index is -0.671. The third-order valence-corrected chi connectivity index (χ3v) is 5.52. The van der Waals surface area contributed by atoms with Crippen molar-refractivity contribution in [1.82, 2.24) is 10.2 Å². The van der Waals surface area contributed by atoms with E-state index in [-0.39, 0.29) is 18.4 Å². The molecule has 0 saturated heterocycles. The van der Waals surface area contributed by atoms with Crippen LogP contribution in [0.4, 0.5) is 0 Å². The van der Waals surface area contributed by atoms with Crippen LogP contribution >= 0.6 is 11.6 Å². The fraction of sp³-hybridized carbons (Fsp3) is 0.259. The van der Waals surface area contributed by atoms with Crippen LogP contribution in [0.1, 0.15) is 23.6 Å². The highest BCUT2D eigenvalue weighted by atomic mass is 35.5. The van der Waals surface area contributed by atoms with Gasteiger partial charge in [-0.25, -0.2) is 0 Å². The molecule has 172 valence electrons. The number of amides is 2. The van der Waals surface area contributed by atoms with E-state index in [4.69, 9.17) is 16.3 Å². The Hall–Kier alpha value is -3.31. The van der Waals surface area contributed by atoms with E-state index in [1.54, 1.807) is 29.2 Å². The lowest BCUT2D eigenvalue weighted by atomic mass is 10.0. The molecule has 1 atom stereocenters. The largest absolute Gasteiger partial charge is 0.484 e. The van der Waals surface area contributed by atoms with Crippen molar-refractivity contribution in [1.29, 1.82) is 0 Å². The van der Waals surface area contributed by atoms with E-state index < -0.39 is 6.04 Å². The van der Waals surface area contributed by atoms with Crippen LogP contribution in [0.3, 0.4) is 0 Å². The van der Waals surface area contributed by atoms with Crippen LogP contribution in [0.25, 0.3) is 0 Å². The molecule has 3 rings (SSSR count). The lowest BCUT2D eigenvalue weighted by Gasteiger charge is -2.31. The lowest BCUT2D eigenvalue weighted by Crippen LogP contribution is -2.51. The Bertz CT molecular complexity index is 1040. The van der Waals surface area contributed by atoms with Gasteiger partial charge in [-0.2, -0.15) is 0 Å². The minimum Gasteiger partial charge on any atom is -0.484 e. The number of hydrogen-bond acceptors (Lipinski definition) is 3. The quantitative estimate of drug-likeness (QED) is 0.468.